The Morgan fingerprint density at radius 3 is 2.67 bits per heavy atom. The van der Waals surface area contributed by atoms with Gasteiger partial charge in [-0.05, 0) is 31.8 Å². The lowest BCUT2D eigenvalue weighted by molar-refractivity contribution is 0.251. The fourth-order valence-electron chi connectivity index (χ4n) is 2.14. The van der Waals surface area contributed by atoms with Gasteiger partial charge in [0, 0.05) is 18.2 Å². The molecule has 1 fully saturated rings. The third kappa shape index (κ3) is 4.29. The normalized spacial score (nSPS) is 28.5. The lowest BCUT2D eigenvalue weighted by Crippen LogP contribution is -2.35. The monoisotopic (exact) mass is 253 g/mol. The molecule has 0 aromatic heterocycles. The highest BCUT2D eigenvalue weighted by atomic mass is 35.5. The molecular weight excluding hydrogens is 234 g/mol. The van der Waals surface area contributed by atoms with Crippen LogP contribution in [0.4, 0.5) is 0 Å². The molecule has 1 heterocycles. The van der Waals surface area contributed by atoms with Crippen molar-refractivity contribution in [1.29, 1.82) is 0 Å². The zero-order valence-corrected chi connectivity index (χ0v) is 11.0. The van der Waals surface area contributed by atoms with E-state index in [1.165, 1.54) is 12.7 Å². The summed E-state index contributed by atoms with van der Waals surface area (Å²) in [6.07, 6.45) is 3.19. The summed E-state index contributed by atoms with van der Waals surface area (Å²) >= 11 is 5.91. The molecule has 0 amide bonds. The van der Waals surface area contributed by atoms with E-state index in [4.69, 9.17) is 11.6 Å². The Labute approximate surface area is 97.7 Å². The van der Waals surface area contributed by atoms with Gasteiger partial charge in [-0.1, -0.05) is 6.92 Å². The third-order valence-corrected chi connectivity index (χ3v) is 4.46. The van der Waals surface area contributed by atoms with Crippen molar-refractivity contribution >= 4 is 21.4 Å². The number of halogens is 1. The molecule has 5 heteroatoms. The van der Waals surface area contributed by atoms with Crippen LogP contribution in [0.25, 0.3) is 0 Å². The van der Waals surface area contributed by atoms with Gasteiger partial charge in [0.2, 0.25) is 0 Å². The van der Waals surface area contributed by atoms with Gasteiger partial charge in [-0.3, -0.25) is 4.90 Å². The summed E-state index contributed by atoms with van der Waals surface area (Å²) < 4.78 is 22.0. The first kappa shape index (κ1) is 13.3. The van der Waals surface area contributed by atoms with Gasteiger partial charge in [0.05, 0.1) is 5.75 Å². The number of rotatable bonds is 5. The van der Waals surface area contributed by atoms with Crippen LogP contribution in [0.15, 0.2) is 0 Å². The summed E-state index contributed by atoms with van der Waals surface area (Å²) in [5, 5.41) is 0. The molecule has 0 aromatic rings. The molecule has 0 bridgehead atoms. The third-order valence-electron chi connectivity index (χ3n) is 3.12. The van der Waals surface area contributed by atoms with E-state index in [-0.39, 0.29) is 5.75 Å². The number of hydrogen-bond donors (Lipinski definition) is 0. The fraction of sp³-hybridized carbons (Fsp3) is 1.00. The Morgan fingerprint density at radius 1 is 1.47 bits per heavy atom. The highest BCUT2D eigenvalue weighted by Crippen LogP contribution is 2.24. The van der Waals surface area contributed by atoms with Gasteiger partial charge in [-0.15, -0.1) is 11.6 Å². The molecular formula is C10H20ClNO2S. The maximum Gasteiger partial charge on any atom is 0.147 e. The van der Waals surface area contributed by atoms with Crippen molar-refractivity contribution in [3.63, 3.8) is 0 Å². The molecule has 0 aromatic carbocycles. The first-order valence-electron chi connectivity index (χ1n) is 5.42. The highest BCUT2D eigenvalue weighted by molar-refractivity contribution is 7.90. The van der Waals surface area contributed by atoms with Crippen molar-refractivity contribution in [1.82, 2.24) is 4.90 Å². The summed E-state index contributed by atoms with van der Waals surface area (Å²) in [7, 11) is -2.81. The van der Waals surface area contributed by atoms with E-state index < -0.39 is 9.84 Å². The van der Waals surface area contributed by atoms with Gasteiger partial charge >= 0.3 is 0 Å². The van der Waals surface area contributed by atoms with Crippen molar-refractivity contribution < 1.29 is 8.42 Å². The van der Waals surface area contributed by atoms with Crippen LogP contribution >= 0.6 is 11.6 Å². The van der Waals surface area contributed by atoms with Crippen molar-refractivity contribution in [2.24, 2.45) is 5.92 Å². The van der Waals surface area contributed by atoms with E-state index >= 15 is 0 Å². The lowest BCUT2D eigenvalue weighted by atomic mass is 10.1. The van der Waals surface area contributed by atoms with Crippen LogP contribution in [0, 0.1) is 5.92 Å². The smallest absolute Gasteiger partial charge is 0.147 e. The standard InChI is InChI=1S/C10H20ClNO2S/c1-9-4-6-12(10(9)8-11)5-3-7-15(2,13)14/h9-10H,3-8H2,1-2H3. The largest absolute Gasteiger partial charge is 0.299 e. The van der Waals surface area contributed by atoms with Crippen molar-refractivity contribution in [3.8, 4) is 0 Å². The average Bonchev–Trinajstić information content (AvgIpc) is 2.44. The van der Waals surface area contributed by atoms with Gasteiger partial charge in [0.1, 0.15) is 9.84 Å². The van der Waals surface area contributed by atoms with E-state index in [1.807, 2.05) is 0 Å². The summed E-state index contributed by atoms with van der Waals surface area (Å²) in [6.45, 7) is 4.13. The van der Waals surface area contributed by atoms with Crippen molar-refractivity contribution in [3.05, 3.63) is 0 Å². The Morgan fingerprint density at radius 2 is 2.13 bits per heavy atom. The second-order valence-electron chi connectivity index (χ2n) is 4.51. The molecule has 0 aliphatic carbocycles. The predicted octanol–water partition coefficient (Wildman–Crippen LogP) is 1.37. The average molecular weight is 254 g/mol. The van der Waals surface area contributed by atoms with Crippen molar-refractivity contribution in [2.45, 2.75) is 25.8 Å². The first-order chi connectivity index (χ1) is 6.94. The lowest BCUT2D eigenvalue weighted by Gasteiger charge is -2.24. The number of nitrogens with zero attached hydrogens (tertiary/aromatic N) is 1. The molecule has 15 heavy (non-hydrogen) atoms. The minimum Gasteiger partial charge on any atom is -0.299 e. The topological polar surface area (TPSA) is 37.4 Å². The van der Waals surface area contributed by atoms with Gasteiger partial charge in [0.15, 0.2) is 0 Å². The van der Waals surface area contributed by atoms with Crippen LogP contribution in [0.2, 0.25) is 0 Å². The molecule has 2 unspecified atom stereocenters. The summed E-state index contributed by atoms with van der Waals surface area (Å²) in [5.41, 5.74) is 0. The minimum atomic E-state index is -2.81. The summed E-state index contributed by atoms with van der Waals surface area (Å²) in [6, 6.07) is 0.436. The Hall–Kier alpha value is 0.200. The van der Waals surface area contributed by atoms with Crippen LogP contribution in [0.5, 0.6) is 0 Å². The number of alkyl halides is 1. The van der Waals surface area contributed by atoms with Crippen LogP contribution in [0.3, 0.4) is 0 Å². The number of sulfone groups is 1. The molecule has 3 nitrogen and oxygen atoms in total. The molecule has 0 saturated carbocycles. The van der Waals surface area contributed by atoms with Gasteiger partial charge in [0.25, 0.3) is 0 Å². The zero-order valence-electron chi connectivity index (χ0n) is 9.45. The number of hydrogen-bond acceptors (Lipinski definition) is 3. The SMILES string of the molecule is CC1CCN(CCCS(C)(=O)=O)C1CCl. The molecule has 0 spiro atoms. The Bertz CT molecular complexity index is 292. The van der Waals surface area contributed by atoms with E-state index in [0.29, 0.717) is 17.8 Å². The van der Waals surface area contributed by atoms with Gasteiger partial charge in [-0.2, -0.15) is 0 Å². The molecule has 90 valence electrons. The summed E-state index contributed by atoms with van der Waals surface area (Å²) in [4.78, 5) is 2.32. The molecule has 2 atom stereocenters. The molecule has 1 saturated heterocycles. The van der Waals surface area contributed by atoms with Crippen molar-refractivity contribution in [2.75, 3.05) is 31.0 Å². The minimum absolute atomic E-state index is 0.285. The molecule has 1 rings (SSSR count). The summed E-state index contributed by atoms with van der Waals surface area (Å²) in [5.74, 6) is 1.58. The Kier molecular flexibility index (Phi) is 4.87. The van der Waals surface area contributed by atoms with E-state index in [1.54, 1.807) is 0 Å². The highest BCUT2D eigenvalue weighted by Gasteiger charge is 2.29. The van der Waals surface area contributed by atoms with Crippen LogP contribution < -0.4 is 0 Å². The zero-order chi connectivity index (χ0) is 11.5. The first-order valence-corrected chi connectivity index (χ1v) is 8.01. The maximum atomic E-state index is 11.0. The second kappa shape index (κ2) is 5.51. The van der Waals surface area contributed by atoms with E-state index in [0.717, 1.165) is 19.5 Å². The quantitative estimate of drug-likeness (QED) is 0.695. The van der Waals surface area contributed by atoms with Crippen LogP contribution in [-0.4, -0.2) is 50.3 Å². The number of likely N-dealkylation sites (tertiary alicyclic amines) is 1. The van der Waals surface area contributed by atoms with Crippen LogP contribution in [-0.2, 0) is 9.84 Å². The van der Waals surface area contributed by atoms with Gasteiger partial charge < -0.3 is 0 Å². The van der Waals surface area contributed by atoms with E-state index in [2.05, 4.69) is 11.8 Å². The molecule has 0 radical (unpaired) electrons. The van der Waals surface area contributed by atoms with Gasteiger partial charge in [-0.25, -0.2) is 8.42 Å². The molecule has 1 aliphatic heterocycles. The maximum absolute atomic E-state index is 11.0. The predicted molar refractivity (Wildman–Crippen MR) is 64.2 cm³/mol. The molecule has 1 aliphatic rings. The molecule has 0 N–H and O–H groups in total. The Balaban J connectivity index is 2.33. The van der Waals surface area contributed by atoms with E-state index in [9.17, 15) is 8.42 Å². The van der Waals surface area contributed by atoms with Crippen LogP contribution in [0.1, 0.15) is 19.8 Å². The second-order valence-corrected chi connectivity index (χ2v) is 7.08. The fourth-order valence-corrected chi connectivity index (χ4v) is 3.30.